The molecule has 0 spiro atoms. The van der Waals surface area contributed by atoms with Crippen molar-refractivity contribution in [3.63, 3.8) is 0 Å². The van der Waals surface area contributed by atoms with Crippen LogP contribution in [0.2, 0.25) is 0 Å². The fraction of sp³-hybridized carbons (Fsp3) is 0. The lowest BCUT2D eigenvalue weighted by atomic mass is 10.1. The van der Waals surface area contributed by atoms with Gasteiger partial charge in [0.15, 0.2) is 10.7 Å². The number of oxazole rings is 1. The second-order valence-corrected chi connectivity index (χ2v) is 5.82. The number of aromatic nitrogens is 3. The van der Waals surface area contributed by atoms with Gasteiger partial charge in [0.1, 0.15) is 0 Å². The van der Waals surface area contributed by atoms with E-state index in [-0.39, 0.29) is 5.91 Å². The molecule has 7 nitrogen and oxygen atoms in total. The molecule has 24 heavy (non-hydrogen) atoms. The van der Waals surface area contributed by atoms with Crippen LogP contribution in [0.3, 0.4) is 0 Å². The Morgan fingerprint density at radius 1 is 1.29 bits per heavy atom. The Balaban J connectivity index is 1.59. The summed E-state index contributed by atoms with van der Waals surface area (Å²) in [7, 11) is 0. The molecule has 3 heterocycles. The number of thiazole rings is 1. The number of fused-ring (bicyclic) bond motifs is 1. The number of carbonyl (C=O) groups excluding carboxylic acids is 1. The van der Waals surface area contributed by atoms with Gasteiger partial charge in [0.05, 0.1) is 16.8 Å². The van der Waals surface area contributed by atoms with E-state index in [9.17, 15) is 9.59 Å². The summed E-state index contributed by atoms with van der Waals surface area (Å²) in [6, 6.07) is 8.67. The second kappa shape index (κ2) is 5.74. The highest BCUT2D eigenvalue weighted by atomic mass is 32.1. The number of hydrogen-bond acceptors (Lipinski definition) is 6. The molecule has 0 bridgehead atoms. The standard InChI is InChI=1S/C16H10N4O3S/c21-14(10-2-1-5-17-7-10)20-15-18-12(8-24-15)9-3-4-13-11(6-9)19-16(22)23-13/h1-8H,(H,19,22)(H,18,20,21). The molecular formula is C16H10N4O3S. The molecule has 1 amide bonds. The van der Waals surface area contributed by atoms with Crippen molar-refractivity contribution in [2.24, 2.45) is 0 Å². The molecule has 8 heteroatoms. The smallest absolute Gasteiger partial charge is 0.408 e. The van der Waals surface area contributed by atoms with Crippen LogP contribution in [-0.2, 0) is 0 Å². The predicted molar refractivity (Wildman–Crippen MR) is 90.1 cm³/mol. The van der Waals surface area contributed by atoms with E-state index in [2.05, 4.69) is 20.3 Å². The number of pyridine rings is 1. The van der Waals surface area contributed by atoms with Gasteiger partial charge in [0, 0.05) is 23.3 Å². The zero-order chi connectivity index (χ0) is 16.5. The van der Waals surface area contributed by atoms with Crippen LogP contribution in [0.1, 0.15) is 10.4 Å². The van der Waals surface area contributed by atoms with E-state index in [0.29, 0.717) is 27.5 Å². The average Bonchev–Trinajstić information content (AvgIpc) is 3.20. The van der Waals surface area contributed by atoms with Crippen LogP contribution >= 0.6 is 11.3 Å². The zero-order valence-corrected chi connectivity index (χ0v) is 13.0. The molecule has 0 saturated heterocycles. The van der Waals surface area contributed by atoms with Crippen LogP contribution in [0.15, 0.2) is 57.3 Å². The van der Waals surface area contributed by atoms with Crippen molar-refractivity contribution in [2.45, 2.75) is 0 Å². The first kappa shape index (κ1) is 14.3. The van der Waals surface area contributed by atoms with Gasteiger partial charge in [-0.05, 0) is 30.3 Å². The van der Waals surface area contributed by atoms with Crippen molar-refractivity contribution in [1.82, 2.24) is 15.0 Å². The van der Waals surface area contributed by atoms with Crippen LogP contribution in [0.5, 0.6) is 0 Å². The summed E-state index contributed by atoms with van der Waals surface area (Å²) in [6.45, 7) is 0. The number of amides is 1. The Hall–Kier alpha value is -3.26. The topological polar surface area (TPSA) is 101 Å². The van der Waals surface area contributed by atoms with Crippen LogP contribution in [0.25, 0.3) is 22.4 Å². The van der Waals surface area contributed by atoms with Crippen molar-refractivity contribution < 1.29 is 9.21 Å². The van der Waals surface area contributed by atoms with Gasteiger partial charge in [-0.1, -0.05) is 0 Å². The highest BCUT2D eigenvalue weighted by Gasteiger charge is 2.11. The van der Waals surface area contributed by atoms with Crippen LogP contribution in [-0.4, -0.2) is 20.9 Å². The monoisotopic (exact) mass is 338 g/mol. The Kier molecular flexibility index (Phi) is 3.43. The number of carbonyl (C=O) groups is 1. The number of nitrogens with one attached hydrogen (secondary N) is 2. The van der Waals surface area contributed by atoms with Crippen LogP contribution in [0.4, 0.5) is 5.13 Å². The van der Waals surface area contributed by atoms with Crippen molar-refractivity contribution in [3.8, 4) is 11.3 Å². The van der Waals surface area contributed by atoms with Gasteiger partial charge in [-0.15, -0.1) is 11.3 Å². The molecule has 2 N–H and O–H groups in total. The van der Waals surface area contributed by atoms with Gasteiger partial charge in [-0.25, -0.2) is 9.78 Å². The van der Waals surface area contributed by atoms with Gasteiger partial charge < -0.3 is 4.42 Å². The van der Waals surface area contributed by atoms with Crippen molar-refractivity contribution in [1.29, 1.82) is 0 Å². The first-order valence-corrected chi connectivity index (χ1v) is 7.87. The minimum absolute atomic E-state index is 0.265. The SMILES string of the molecule is O=C(Nc1nc(-c2ccc3oc(=O)[nH]c3c2)cs1)c1cccnc1. The molecule has 4 aromatic rings. The normalized spacial score (nSPS) is 10.8. The molecule has 0 saturated carbocycles. The summed E-state index contributed by atoms with van der Waals surface area (Å²) in [5.74, 6) is -0.761. The number of nitrogens with zero attached hydrogens (tertiary/aromatic N) is 2. The molecular weight excluding hydrogens is 328 g/mol. The van der Waals surface area contributed by atoms with E-state index in [1.807, 2.05) is 5.38 Å². The number of aromatic amines is 1. The summed E-state index contributed by atoms with van der Waals surface area (Å²) in [6.07, 6.45) is 3.10. The minimum Gasteiger partial charge on any atom is -0.408 e. The summed E-state index contributed by atoms with van der Waals surface area (Å²) in [5, 5.41) is 5.06. The minimum atomic E-state index is -0.496. The average molecular weight is 338 g/mol. The molecule has 0 fully saturated rings. The van der Waals surface area contributed by atoms with E-state index >= 15 is 0 Å². The van der Waals surface area contributed by atoms with Gasteiger partial charge in [-0.2, -0.15) is 0 Å². The molecule has 0 atom stereocenters. The first-order valence-electron chi connectivity index (χ1n) is 6.99. The van der Waals surface area contributed by atoms with Crippen LogP contribution in [0, 0.1) is 0 Å². The Labute approximate surface area is 139 Å². The molecule has 1 aromatic carbocycles. The predicted octanol–water partition coefficient (Wildman–Crippen LogP) is 2.89. The Morgan fingerprint density at radius 3 is 3.04 bits per heavy atom. The third-order valence-electron chi connectivity index (χ3n) is 3.36. The summed E-state index contributed by atoms with van der Waals surface area (Å²) in [4.78, 5) is 34.2. The van der Waals surface area contributed by atoms with E-state index in [1.165, 1.54) is 17.5 Å². The Bertz CT molecular complexity index is 1080. The molecule has 0 unspecified atom stereocenters. The van der Waals surface area contributed by atoms with Crippen molar-refractivity contribution in [3.05, 3.63) is 64.2 Å². The molecule has 118 valence electrons. The number of hydrogen-bond donors (Lipinski definition) is 2. The lowest BCUT2D eigenvalue weighted by Crippen LogP contribution is -2.11. The first-order chi connectivity index (χ1) is 11.7. The van der Waals surface area contributed by atoms with E-state index in [4.69, 9.17) is 4.42 Å². The third kappa shape index (κ3) is 2.70. The summed E-state index contributed by atoms with van der Waals surface area (Å²) in [5.41, 5.74) is 3.07. The van der Waals surface area contributed by atoms with Crippen LogP contribution < -0.4 is 11.1 Å². The molecule has 0 radical (unpaired) electrons. The fourth-order valence-electron chi connectivity index (χ4n) is 2.24. The zero-order valence-electron chi connectivity index (χ0n) is 12.1. The molecule has 0 aliphatic rings. The Morgan fingerprint density at radius 2 is 2.21 bits per heavy atom. The highest BCUT2D eigenvalue weighted by molar-refractivity contribution is 7.14. The van der Waals surface area contributed by atoms with Gasteiger partial charge in [-0.3, -0.25) is 20.1 Å². The number of anilines is 1. The van der Waals surface area contributed by atoms with E-state index in [1.54, 1.807) is 36.5 Å². The maximum atomic E-state index is 12.1. The molecule has 0 aliphatic heterocycles. The van der Waals surface area contributed by atoms with Gasteiger partial charge in [0.25, 0.3) is 5.91 Å². The largest absolute Gasteiger partial charge is 0.417 e. The summed E-state index contributed by atoms with van der Waals surface area (Å²) < 4.78 is 4.97. The number of H-pyrrole nitrogens is 1. The van der Waals surface area contributed by atoms with Gasteiger partial charge >= 0.3 is 5.76 Å². The maximum Gasteiger partial charge on any atom is 0.417 e. The van der Waals surface area contributed by atoms with Crippen molar-refractivity contribution in [2.75, 3.05) is 5.32 Å². The fourth-order valence-corrected chi connectivity index (χ4v) is 2.96. The number of rotatable bonds is 3. The maximum absolute atomic E-state index is 12.1. The molecule has 4 rings (SSSR count). The lowest BCUT2D eigenvalue weighted by Gasteiger charge is -2.00. The lowest BCUT2D eigenvalue weighted by molar-refractivity contribution is 0.102. The number of benzene rings is 1. The van der Waals surface area contributed by atoms with Gasteiger partial charge in [0.2, 0.25) is 0 Å². The van der Waals surface area contributed by atoms with E-state index in [0.717, 1.165) is 5.56 Å². The quantitative estimate of drug-likeness (QED) is 0.598. The highest BCUT2D eigenvalue weighted by Crippen LogP contribution is 2.27. The third-order valence-corrected chi connectivity index (χ3v) is 4.12. The summed E-state index contributed by atoms with van der Waals surface area (Å²) >= 11 is 1.32. The molecule has 0 aliphatic carbocycles. The van der Waals surface area contributed by atoms with Crippen molar-refractivity contribution >= 4 is 33.5 Å². The van der Waals surface area contributed by atoms with E-state index < -0.39 is 5.76 Å². The molecule has 3 aromatic heterocycles. The second-order valence-electron chi connectivity index (χ2n) is 4.96.